The second kappa shape index (κ2) is 5.13. The van der Waals surface area contributed by atoms with Crippen LogP contribution in [-0.2, 0) is 0 Å². The Morgan fingerprint density at radius 2 is 1.65 bits per heavy atom. The number of fused-ring (bicyclic) bond motifs is 1. The van der Waals surface area contributed by atoms with E-state index in [-0.39, 0.29) is 5.75 Å². The van der Waals surface area contributed by atoms with Gasteiger partial charge in [-0.25, -0.2) is 9.18 Å². The third-order valence-electron chi connectivity index (χ3n) is 2.99. The number of carbonyl (C=O) groups excluding carboxylic acids is 1. The highest BCUT2D eigenvalue weighted by Crippen LogP contribution is 2.18. The van der Waals surface area contributed by atoms with E-state index in [1.165, 1.54) is 18.2 Å². The van der Waals surface area contributed by atoms with Crippen molar-refractivity contribution in [3.05, 3.63) is 78.1 Å². The first kappa shape index (κ1) is 12.4. The molecule has 0 heterocycles. The monoisotopic (exact) mass is 266 g/mol. The summed E-state index contributed by atoms with van der Waals surface area (Å²) in [5, 5.41) is 2.01. The van der Waals surface area contributed by atoms with E-state index in [0.717, 1.165) is 10.8 Å². The largest absolute Gasteiger partial charge is 0.423 e. The minimum Gasteiger partial charge on any atom is -0.423 e. The van der Waals surface area contributed by atoms with Crippen molar-refractivity contribution in [2.75, 3.05) is 0 Å². The number of halogens is 1. The maximum atomic E-state index is 13.0. The first-order chi connectivity index (χ1) is 9.72. The van der Waals surface area contributed by atoms with Gasteiger partial charge in [-0.15, -0.1) is 0 Å². The molecular formula is C17H11FO2. The Hall–Kier alpha value is -2.68. The lowest BCUT2D eigenvalue weighted by atomic mass is 10.1. The van der Waals surface area contributed by atoms with Crippen LogP contribution in [0.1, 0.15) is 10.4 Å². The van der Waals surface area contributed by atoms with Crippen molar-refractivity contribution in [3.63, 3.8) is 0 Å². The van der Waals surface area contributed by atoms with E-state index in [9.17, 15) is 9.18 Å². The van der Waals surface area contributed by atoms with Crippen LogP contribution in [0.5, 0.6) is 5.75 Å². The molecule has 0 amide bonds. The SMILES string of the molecule is O=C(Oc1cccc(F)c1)c1ccc2ccccc2c1. The fourth-order valence-electron chi connectivity index (χ4n) is 2.01. The molecule has 0 spiro atoms. The summed E-state index contributed by atoms with van der Waals surface area (Å²) in [5.74, 6) is -0.738. The second-order valence-corrected chi connectivity index (χ2v) is 4.41. The molecule has 0 aromatic heterocycles. The van der Waals surface area contributed by atoms with Crippen LogP contribution in [0.2, 0.25) is 0 Å². The summed E-state index contributed by atoms with van der Waals surface area (Å²) in [6.07, 6.45) is 0. The topological polar surface area (TPSA) is 26.3 Å². The number of esters is 1. The zero-order valence-corrected chi connectivity index (χ0v) is 10.5. The Labute approximate surface area is 115 Å². The van der Waals surface area contributed by atoms with Gasteiger partial charge < -0.3 is 4.74 Å². The molecule has 98 valence electrons. The van der Waals surface area contributed by atoms with Gasteiger partial charge in [-0.2, -0.15) is 0 Å². The van der Waals surface area contributed by atoms with Crippen LogP contribution in [0, 0.1) is 5.82 Å². The number of ether oxygens (including phenoxy) is 1. The van der Waals surface area contributed by atoms with Crippen molar-refractivity contribution >= 4 is 16.7 Å². The van der Waals surface area contributed by atoms with Gasteiger partial charge in [0.15, 0.2) is 0 Å². The minimum absolute atomic E-state index is 0.197. The highest BCUT2D eigenvalue weighted by atomic mass is 19.1. The van der Waals surface area contributed by atoms with Gasteiger partial charge in [0, 0.05) is 6.07 Å². The van der Waals surface area contributed by atoms with Crippen LogP contribution in [0.25, 0.3) is 10.8 Å². The lowest BCUT2D eigenvalue weighted by Gasteiger charge is -2.05. The lowest BCUT2D eigenvalue weighted by Crippen LogP contribution is -2.08. The van der Waals surface area contributed by atoms with Crippen LogP contribution in [0.15, 0.2) is 66.7 Å². The van der Waals surface area contributed by atoms with Crippen LogP contribution >= 0.6 is 0 Å². The Bertz CT molecular complexity index is 781. The van der Waals surface area contributed by atoms with Crippen LogP contribution in [-0.4, -0.2) is 5.97 Å². The van der Waals surface area contributed by atoms with Crippen molar-refractivity contribution in [3.8, 4) is 5.75 Å². The molecule has 0 aliphatic carbocycles. The molecule has 0 bridgehead atoms. The zero-order chi connectivity index (χ0) is 13.9. The van der Waals surface area contributed by atoms with Gasteiger partial charge in [0.25, 0.3) is 0 Å². The average Bonchev–Trinajstić information content (AvgIpc) is 2.47. The standard InChI is InChI=1S/C17H11FO2/c18-15-6-3-7-16(11-15)20-17(19)14-9-8-12-4-1-2-5-13(12)10-14/h1-11H. The zero-order valence-electron chi connectivity index (χ0n) is 10.5. The Morgan fingerprint density at radius 3 is 2.45 bits per heavy atom. The summed E-state index contributed by atoms with van der Waals surface area (Å²) in [5.41, 5.74) is 0.438. The summed E-state index contributed by atoms with van der Waals surface area (Å²) in [6, 6.07) is 18.6. The molecule has 0 unspecified atom stereocenters. The fourth-order valence-corrected chi connectivity index (χ4v) is 2.01. The van der Waals surface area contributed by atoms with E-state index in [1.54, 1.807) is 18.2 Å². The predicted octanol–water partition coefficient (Wildman–Crippen LogP) is 4.20. The van der Waals surface area contributed by atoms with E-state index in [2.05, 4.69) is 0 Å². The van der Waals surface area contributed by atoms with E-state index in [4.69, 9.17) is 4.74 Å². The Morgan fingerprint density at radius 1 is 0.850 bits per heavy atom. The molecule has 0 saturated heterocycles. The molecule has 20 heavy (non-hydrogen) atoms. The van der Waals surface area contributed by atoms with Gasteiger partial charge in [0.2, 0.25) is 0 Å². The first-order valence-corrected chi connectivity index (χ1v) is 6.19. The van der Waals surface area contributed by atoms with Gasteiger partial charge >= 0.3 is 5.97 Å². The summed E-state index contributed by atoms with van der Waals surface area (Å²) < 4.78 is 18.2. The van der Waals surface area contributed by atoms with E-state index in [1.807, 2.05) is 30.3 Å². The number of hydrogen-bond acceptors (Lipinski definition) is 2. The van der Waals surface area contributed by atoms with Crippen molar-refractivity contribution in [2.45, 2.75) is 0 Å². The molecule has 0 radical (unpaired) electrons. The molecule has 3 aromatic carbocycles. The van der Waals surface area contributed by atoms with Gasteiger partial charge in [0.05, 0.1) is 5.56 Å². The maximum Gasteiger partial charge on any atom is 0.343 e. The van der Waals surface area contributed by atoms with E-state index < -0.39 is 11.8 Å². The second-order valence-electron chi connectivity index (χ2n) is 4.41. The van der Waals surface area contributed by atoms with Gasteiger partial charge in [-0.05, 0) is 35.0 Å². The normalized spacial score (nSPS) is 10.4. The van der Waals surface area contributed by atoms with Crippen molar-refractivity contribution < 1.29 is 13.9 Å². The number of hydrogen-bond donors (Lipinski definition) is 0. The van der Waals surface area contributed by atoms with Gasteiger partial charge in [0.1, 0.15) is 11.6 Å². The Balaban J connectivity index is 1.88. The minimum atomic E-state index is -0.499. The molecule has 3 aromatic rings. The molecule has 0 aliphatic rings. The summed E-state index contributed by atoms with van der Waals surface area (Å²) in [7, 11) is 0. The Kier molecular flexibility index (Phi) is 3.17. The highest BCUT2D eigenvalue weighted by Gasteiger charge is 2.09. The van der Waals surface area contributed by atoms with Crippen LogP contribution in [0.3, 0.4) is 0 Å². The molecule has 3 heteroatoms. The van der Waals surface area contributed by atoms with Crippen LogP contribution in [0.4, 0.5) is 4.39 Å². The van der Waals surface area contributed by atoms with Crippen LogP contribution < -0.4 is 4.74 Å². The van der Waals surface area contributed by atoms with Crippen molar-refractivity contribution in [1.82, 2.24) is 0 Å². The molecule has 2 nitrogen and oxygen atoms in total. The number of benzene rings is 3. The molecule has 0 saturated carbocycles. The van der Waals surface area contributed by atoms with Crippen molar-refractivity contribution in [1.29, 1.82) is 0 Å². The van der Waals surface area contributed by atoms with Gasteiger partial charge in [-0.1, -0.05) is 36.4 Å². The maximum absolute atomic E-state index is 13.0. The quantitative estimate of drug-likeness (QED) is 0.513. The number of carbonyl (C=O) groups is 1. The molecule has 3 rings (SSSR count). The third-order valence-corrected chi connectivity index (χ3v) is 2.99. The van der Waals surface area contributed by atoms with Gasteiger partial charge in [-0.3, -0.25) is 0 Å². The average molecular weight is 266 g/mol. The fraction of sp³-hybridized carbons (Fsp3) is 0. The number of rotatable bonds is 2. The van der Waals surface area contributed by atoms with E-state index >= 15 is 0 Å². The summed E-state index contributed by atoms with van der Waals surface area (Å²) in [6.45, 7) is 0. The smallest absolute Gasteiger partial charge is 0.343 e. The molecule has 0 aliphatic heterocycles. The van der Waals surface area contributed by atoms with E-state index in [0.29, 0.717) is 5.56 Å². The molecular weight excluding hydrogens is 255 g/mol. The molecule has 0 atom stereocenters. The third kappa shape index (κ3) is 2.52. The summed E-state index contributed by atoms with van der Waals surface area (Å²) in [4.78, 5) is 12.0. The first-order valence-electron chi connectivity index (χ1n) is 6.19. The predicted molar refractivity (Wildman–Crippen MR) is 75.3 cm³/mol. The highest BCUT2D eigenvalue weighted by molar-refractivity contribution is 5.96. The molecule has 0 fully saturated rings. The lowest BCUT2D eigenvalue weighted by molar-refractivity contribution is 0.0734. The summed E-state index contributed by atoms with van der Waals surface area (Å²) >= 11 is 0. The molecule has 0 N–H and O–H groups in total. The van der Waals surface area contributed by atoms with Crippen molar-refractivity contribution in [2.24, 2.45) is 0 Å².